The number of rotatable bonds is 1. The molecule has 1 aliphatic heterocycles. The van der Waals surface area contributed by atoms with E-state index in [1.165, 1.54) is 11.1 Å². The molecule has 0 bridgehead atoms. The van der Waals surface area contributed by atoms with Crippen LogP contribution >= 0.6 is 11.6 Å². The Morgan fingerprint density at radius 3 is 2.65 bits per heavy atom. The largest absolute Gasteiger partial charge is 0.472 e. The highest BCUT2D eigenvalue weighted by molar-refractivity contribution is 6.28. The lowest BCUT2D eigenvalue weighted by Gasteiger charge is -2.36. The van der Waals surface area contributed by atoms with E-state index in [0.717, 1.165) is 0 Å². The number of aromatic nitrogens is 4. The summed E-state index contributed by atoms with van der Waals surface area (Å²) < 4.78 is 5.61. The van der Waals surface area contributed by atoms with Crippen molar-refractivity contribution in [1.29, 1.82) is 0 Å². The van der Waals surface area contributed by atoms with Gasteiger partial charge in [-0.2, -0.15) is 4.98 Å². The Bertz CT molecular complexity index is 677. The summed E-state index contributed by atoms with van der Waals surface area (Å²) in [5.74, 6) is 0.475. The summed E-state index contributed by atoms with van der Waals surface area (Å²) in [4.78, 5) is 29.9. The summed E-state index contributed by atoms with van der Waals surface area (Å²) in [5, 5.41) is 0.0146. The summed E-state index contributed by atoms with van der Waals surface area (Å²) >= 11 is 5.79. The first-order valence-electron chi connectivity index (χ1n) is 5.82. The van der Waals surface area contributed by atoms with Crippen molar-refractivity contribution >= 4 is 29.3 Å². The molecule has 20 heavy (non-hydrogen) atoms. The Labute approximate surface area is 119 Å². The predicted octanol–water partition coefficient (Wildman–Crippen LogP) is 1.76. The number of nitrogens with zero attached hydrogens (tertiary/aromatic N) is 5. The van der Waals surface area contributed by atoms with E-state index in [4.69, 9.17) is 16.3 Å². The van der Waals surface area contributed by atoms with E-state index >= 15 is 0 Å². The lowest BCUT2D eigenvalue weighted by atomic mass is 10.1. The van der Waals surface area contributed by atoms with Gasteiger partial charge < -0.3 is 4.74 Å². The number of amides is 1. The summed E-state index contributed by atoms with van der Waals surface area (Å²) in [6.07, 6.45) is 4.51. The standard InChI is InChI=1S/C12H10ClN5O2/c1-12(2)9(19)18(11-14-4-3-5-15-11)8-7(20-12)6-16-10(13)17-8/h3-6H,1-2H3. The predicted molar refractivity (Wildman–Crippen MR) is 70.9 cm³/mol. The number of hydrogen-bond donors (Lipinski definition) is 0. The van der Waals surface area contributed by atoms with Gasteiger partial charge in [-0.25, -0.2) is 19.9 Å². The molecular weight excluding hydrogens is 282 g/mol. The Morgan fingerprint density at radius 1 is 1.25 bits per heavy atom. The molecule has 3 rings (SSSR count). The van der Waals surface area contributed by atoms with Gasteiger partial charge >= 0.3 is 0 Å². The molecule has 0 saturated heterocycles. The molecule has 0 unspecified atom stereocenters. The molecule has 3 heterocycles. The van der Waals surface area contributed by atoms with Crippen LogP contribution < -0.4 is 9.64 Å². The lowest BCUT2D eigenvalue weighted by Crippen LogP contribution is -2.51. The summed E-state index contributed by atoms with van der Waals surface area (Å²) in [6.45, 7) is 3.31. The number of carbonyl (C=O) groups is 1. The van der Waals surface area contributed by atoms with Gasteiger partial charge in [0.05, 0.1) is 6.20 Å². The van der Waals surface area contributed by atoms with Crippen LogP contribution in [0, 0.1) is 0 Å². The second-order valence-corrected chi connectivity index (χ2v) is 4.97. The minimum absolute atomic E-state index is 0.0146. The Balaban J connectivity index is 2.21. The first-order valence-corrected chi connectivity index (χ1v) is 6.20. The first kappa shape index (κ1) is 12.7. The van der Waals surface area contributed by atoms with Crippen LogP contribution in [0.1, 0.15) is 13.8 Å². The fourth-order valence-electron chi connectivity index (χ4n) is 1.85. The quantitative estimate of drug-likeness (QED) is 0.745. The van der Waals surface area contributed by atoms with Gasteiger partial charge in [-0.05, 0) is 31.5 Å². The number of fused-ring (bicyclic) bond motifs is 1. The third kappa shape index (κ3) is 1.96. The molecule has 0 aromatic carbocycles. The zero-order valence-electron chi connectivity index (χ0n) is 10.7. The SMILES string of the molecule is CC1(C)Oc2cnc(Cl)nc2N(c2ncccn2)C1=O. The first-order chi connectivity index (χ1) is 9.49. The van der Waals surface area contributed by atoms with Crippen LogP contribution in [0.5, 0.6) is 5.75 Å². The lowest BCUT2D eigenvalue weighted by molar-refractivity contribution is -0.132. The van der Waals surface area contributed by atoms with Crippen LogP contribution in [0.2, 0.25) is 5.28 Å². The van der Waals surface area contributed by atoms with E-state index < -0.39 is 5.60 Å². The molecule has 1 aliphatic rings. The van der Waals surface area contributed by atoms with Crippen LogP contribution in [0.25, 0.3) is 0 Å². The van der Waals surface area contributed by atoms with E-state index in [2.05, 4.69) is 19.9 Å². The van der Waals surface area contributed by atoms with E-state index in [1.807, 2.05) is 0 Å². The van der Waals surface area contributed by atoms with E-state index in [-0.39, 0.29) is 23.0 Å². The van der Waals surface area contributed by atoms with E-state index in [1.54, 1.807) is 32.3 Å². The maximum atomic E-state index is 12.5. The number of carbonyl (C=O) groups excluding carboxylic acids is 1. The number of anilines is 2. The molecule has 2 aromatic rings. The third-order valence-corrected chi connectivity index (χ3v) is 2.94. The molecule has 0 aliphatic carbocycles. The van der Waals surface area contributed by atoms with Crippen LogP contribution in [0.4, 0.5) is 11.8 Å². The van der Waals surface area contributed by atoms with Gasteiger partial charge in [0, 0.05) is 12.4 Å². The molecule has 7 nitrogen and oxygen atoms in total. The zero-order chi connectivity index (χ0) is 14.3. The van der Waals surface area contributed by atoms with Crippen LogP contribution in [-0.4, -0.2) is 31.4 Å². The monoisotopic (exact) mass is 291 g/mol. The maximum absolute atomic E-state index is 12.5. The van der Waals surface area contributed by atoms with Gasteiger partial charge in [-0.1, -0.05) is 0 Å². The van der Waals surface area contributed by atoms with Crippen molar-refractivity contribution in [3.05, 3.63) is 29.9 Å². The number of ether oxygens (including phenoxy) is 1. The second kappa shape index (κ2) is 4.38. The average Bonchev–Trinajstić information content (AvgIpc) is 2.42. The Hall–Kier alpha value is -2.28. The minimum atomic E-state index is -1.07. The number of halogens is 1. The topological polar surface area (TPSA) is 81.1 Å². The molecule has 0 N–H and O–H groups in total. The van der Waals surface area contributed by atoms with Gasteiger partial charge in [0.2, 0.25) is 11.2 Å². The number of hydrogen-bond acceptors (Lipinski definition) is 6. The van der Waals surface area contributed by atoms with Crippen molar-refractivity contribution in [3.8, 4) is 5.75 Å². The smallest absolute Gasteiger partial charge is 0.278 e. The van der Waals surface area contributed by atoms with Crippen LogP contribution in [0.3, 0.4) is 0 Å². The average molecular weight is 292 g/mol. The Kier molecular flexibility index (Phi) is 2.79. The molecule has 102 valence electrons. The molecule has 0 spiro atoms. The van der Waals surface area contributed by atoms with Crippen molar-refractivity contribution < 1.29 is 9.53 Å². The van der Waals surface area contributed by atoms with Gasteiger partial charge in [0.15, 0.2) is 17.2 Å². The summed E-state index contributed by atoms with van der Waals surface area (Å²) in [6, 6.07) is 1.66. The third-order valence-electron chi connectivity index (χ3n) is 2.75. The van der Waals surface area contributed by atoms with Crippen molar-refractivity contribution in [2.45, 2.75) is 19.4 Å². The van der Waals surface area contributed by atoms with Crippen molar-refractivity contribution in [2.24, 2.45) is 0 Å². The van der Waals surface area contributed by atoms with Gasteiger partial charge in [-0.15, -0.1) is 0 Å². The van der Waals surface area contributed by atoms with E-state index in [9.17, 15) is 4.79 Å². The highest BCUT2D eigenvalue weighted by Gasteiger charge is 2.44. The van der Waals surface area contributed by atoms with Crippen molar-refractivity contribution in [2.75, 3.05) is 4.90 Å². The highest BCUT2D eigenvalue weighted by Crippen LogP contribution is 2.39. The molecule has 0 atom stereocenters. The van der Waals surface area contributed by atoms with Crippen LogP contribution in [0.15, 0.2) is 24.7 Å². The van der Waals surface area contributed by atoms with E-state index in [0.29, 0.717) is 5.75 Å². The second-order valence-electron chi connectivity index (χ2n) is 4.63. The highest BCUT2D eigenvalue weighted by atomic mass is 35.5. The summed E-state index contributed by atoms with van der Waals surface area (Å²) in [5.41, 5.74) is -1.07. The molecule has 1 amide bonds. The van der Waals surface area contributed by atoms with Crippen LogP contribution in [-0.2, 0) is 4.79 Å². The molecule has 8 heteroatoms. The normalized spacial score (nSPS) is 16.6. The fourth-order valence-corrected chi connectivity index (χ4v) is 1.98. The van der Waals surface area contributed by atoms with Crippen molar-refractivity contribution in [3.63, 3.8) is 0 Å². The Morgan fingerprint density at radius 2 is 1.95 bits per heavy atom. The van der Waals surface area contributed by atoms with Gasteiger partial charge in [-0.3, -0.25) is 4.79 Å². The van der Waals surface area contributed by atoms with Gasteiger partial charge in [0.1, 0.15) is 0 Å². The minimum Gasteiger partial charge on any atom is -0.472 e. The molecule has 0 saturated carbocycles. The molecular formula is C12H10ClN5O2. The van der Waals surface area contributed by atoms with Crippen molar-refractivity contribution in [1.82, 2.24) is 19.9 Å². The maximum Gasteiger partial charge on any atom is 0.278 e. The fraction of sp³-hybridized carbons (Fsp3) is 0.250. The van der Waals surface area contributed by atoms with Gasteiger partial charge in [0.25, 0.3) is 5.91 Å². The summed E-state index contributed by atoms with van der Waals surface area (Å²) in [7, 11) is 0. The zero-order valence-corrected chi connectivity index (χ0v) is 11.5. The molecule has 0 fully saturated rings. The molecule has 2 aromatic heterocycles. The molecule has 0 radical (unpaired) electrons.